The first-order valence-electron chi connectivity index (χ1n) is 5.85. The molecule has 2 aliphatic carbocycles. The van der Waals surface area contributed by atoms with Crippen molar-refractivity contribution in [2.24, 2.45) is 35.5 Å². The van der Waals surface area contributed by atoms with Crippen molar-refractivity contribution in [2.75, 3.05) is 6.61 Å². The van der Waals surface area contributed by atoms with Gasteiger partial charge in [0.05, 0.1) is 12.5 Å². The van der Waals surface area contributed by atoms with E-state index in [0.717, 1.165) is 24.4 Å². The summed E-state index contributed by atoms with van der Waals surface area (Å²) in [7, 11) is 0. The lowest BCUT2D eigenvalue weighted by atomic mass is 9.71. The van der Waals surface area contributed by atoms with Crippen LogP contribution in [-0.4, -0.2) is 12.6 Å². The molecule has 0 aromatic carbocycles. The van der Waals surface area contributed by atoms with Gasteiger partial charge in [0.15, 0.2) is 0 Å². The Hall–Kier alpha value is -0.530. The molecule has 5 unspecified atom stereocenters. The van der Waals surface area contributed by atoms with Crippen molar-refractivity contribution >= 4 is 5.97 Å². The van der Waals surface area contributed by atoms with Crippen molar-refractivity contribution in [3.05, 3.63) is 0 Å². The molecule has 0 spiro atoms. The van der Waals surface area contributed by atoms with Gasteiger partial charge >= 0.3 is 5.97 Å². The van der Waals surface area contributed by atoms with Crippen molar-refractivity contribution in [3.8, 4) is 0 Å². The van der Waals surface area contributed by atoms with Crippen LogP contribution in [0, 0.1) is 35.5 Å². The number of rotatable bonds is 1. The van der Waals surface area contributed by atoms with Crippen LogP contribution in [0.5, 0.6) is 0 Å². The quantitative estimate of drug-likeness (QED) is 0.597. The van der Waals surface area contributed by atoms with Crippen LogP contribution in [0.3, 0.4) is 0 Å². The van der Waals surface area contributed by atoms with Crippen LogP contribution in [0.4, 0.5) is 0 Å². The Kier molecular flexibility index (Phi) is 1.71. The molecule has 0 amide bonds. The largest absolute Gasteiger partial charge is 0.465 e. The van der Waals surface area contributed by atoms with E-state index >= 15 is 0 Å². The smallest absolute Gasteiger partial charge is 0.309 e. The topological polar surface area (TPSA) is 26.3 Å². The van der Waals surface area contributed by atoms with Crippen molar-refractivity contribution in [1.82, 2.24) is 0 Å². The van der Waals surface area contributed by atoms with Gasteiger partial charge in [-0.1, -0.05) is 13.8 Å². The van der Waals surface area contributed by atoms with Crippen LogP contribution in [0.2, 0.25) is 0 Å². The van der Waals surface area contributed by atoms with E-state index in [1.165, 1.54) is 12.8 Å². The van der Waals surface area contributed by atoms with Crippen LogP contribution < -0.4 is 0 Å². The van der Waals surface area contributed by atoms with E-state index in [0.29, 0.717) is 11.8 Å². The number of hydrogen-bond acceptors (Lipinski definition) is 2. The maximum absolute atomic E-state index is 11.6. The molecule has 78 valence electrons. The molecular weight excluding hydrogens is 176 g/mol. The van der Waals surface area contributed by atoms with Gasteiger partial charge in [-0.05, 0) is 36.5 Å². The van der Waals surface area contributed by atoms with Crippen LogP contribution in [0.25, 0.3) is 0 Å². The normalized spacial score (nSPS) is 49.9. The van der Waals surface area contributed by atoms with Gasteiger partial charge in [-0.2, -0.15) is 0 Å². The van der Waals surface area contributed by atoms with Gasteiger partial charge in [0.25, 0.3) is 0 Å². The third-order valence-electron chi connectivity index (χ3n) is 4.77. The van der Waals surface area contributed by atoms with E-state index in [-0.39, 0.29) is 11.9 Å². The van der Waals surface area contributed by atoms with E-state index < -0.39 is 0 Å². The average molecular weight is 194 g/mol. The van der Waals surface area contributed by atoms with Gasteiger partial charge in [0.1, 0.15) is 0 Å². The predicted molar refractivity (Wildman–Crippen MR) is 52.5 cm³/mol. The number of carbonyl (C=O) groups is 1. The molecular formula is C12H18O2. The summed E-state index contributed by atoms with van der Waals surface area (Å²) < 4.78 is 5.19. The van der Waals surface area contributed by atoms with Crippen molar-refractivity contribution in [3.63, 3.8) is 0 Å². The zero-order chi connectivity index (χ0) is 9.87. The molecule has 1 saturated heterocycles. The molecule has 2 saturated carbocycles. The Morgan fingerprint density at radius 2 is 2.07 bits per heavy atom. The third-order valence-corrected chi connectivity index (χ3v) is 4.77. The van der Waals surface area contributed by atoms with E-state index in [9.17, 15) is 4.79 Å². The summed E-state index contributed by atoms with van der Waals surface area (Å²) in [5.41, 5.74) is 0. The molecule has 2 nitrogen and oxygen atoms in total. The van der Waals surface area contributed by atoms with Crippen molar-refractivity contribution in [1.29, 1.82) is 0 Å². The number of hydrogen-bond donors (Lipinski definition) is 0. The summed E-state index contributed by atoms with van der Waals surface area (Å²) in [4.78, 5) is 11.6. The molecule has 3 fully saturated rings. The number of fused-ring (bicyclic) bond motifs is 5. The lowest BCUT2D eigenvalue weighted by molar-refractivity contribution is -0.143. The molecule has 3 aliphatic rings. The van der Waals surface area contributed by atoms with Crippen LogP contribution in [0.1, 0.15) is 26.7 Å². The lowest BCUT2D eigenvalue weighted by Gasteiger charge is -2.30. The predicted octanol–water partition coefficient (Wildman–Crippen LogP) is 2.09. The first-order valence-corrected chi connectivity index (χ1v) is 5.85. The SMILES string of the molecule is CC(C)C1CC2CC1C1C(=O)OCC21. The fourth-order valence-electron chi connectivity index (χ4n) is 4.15. The summed E-state index contributed by atoms with van der Waals surface area (Å²) in [6, 6.07) is 0. The van der Waals surface area contributed by atoms with Gasteiger partial charge in [-0.25, -0.2) is 0 Å². The fourth-order valence-corrected chi connectivity index (χ4v) is 4.15. The number of cyclic esters (lactones) is 1. The molecule has 0 aromatic heterocycles. The highest BCUT2D eigenvalue weighted by atomic mass is 16.5. The second-order valence-corrected chi connectivity index (χ2v) is 5.62. The van der Waals surface area contributed by atoms with E-state index in [2.05, 4.69) is 13.8 Å². The third kappa shape index (κ3) is 0.945. The first-order chi connectivity index (χ1) is 6.68. The second kappa shape index (κ2) is 2.74. The summed E-state index contributed by atoms with van der Waals surface area (Å²) in [5, 5.41) is 0. The number of ether oxygens (including phenoxy) is 1. The minimum Gasteiger partial charge on any atom is -0.465 e. The van der Waals surface area contributed by atoms with Gasteiger partial charge in [-0.3, -0.25) is 4.79 Å². The summed E-state index contributed by atoms with van der Waals surface area (Å²) in [5.74, 6) is 3.94. The molecule has 3 rings (SSSR count). The zero-order valence-corrected chi connectivity index (χ0v) is 8.90. The molecule has 1 heterocycles. The monoisotopic (exact) mass is 194 g/mol. The maximum Gasteiger partial charge on any atom is 0.309 e. The van der Waals surface area contributed by atoms with Crippen molar-refractivity contribution < 1.29 is 9.53 Å². The van der Waals surface area contributed by atoms with Gasteiger partial charge in [0, 0.05) is 5.92 Å². The first kappa shape index (κ1) is 8.75. The molecule has 2 heteroatoms. The van der Waals surface area contributed by atoms with Gasteiger partial charge in [0.2, 0.25) is 0 Å². The standard InChI is InChI=1S/C12H18O2/c1-6(2)8-3-7-4-9(8)11-10(7)5-14-12(11)13/h6-11H,3-5H2,1-2H3. The van der Waals surface area contributed by atoms with Gasteiger partial charge in [-0.15, -0.1) is 0 Å². The Balaban J connectivity index is 1.87. The molecule has 0 radical (unpaired) electrons. The minimum absolute atomic E-state index is 0.104. The molecule has 0 aromatic rings. The Bertz CT molecular complexity index is 271. The average Bonchev–Trinajstić information content (AvgIpc) is 2.75. The van der Waals surface area contributed by atoms with Crippen LogP contribution >= 0.6 is 0 Å². The van der Waals surface area contributed by atoms with Crippen LogP contribution in [-0.2, 0) is 9.53 Å². The van der Waals surface area contributed by atoms with E-state index in [1.807, 2.05) is 0 Å². The highest BCUT2D eigenvalue weighted by Gasteiger charge is 2.59. The Labute approximate surface area is 85.0 Å². The molecule has 0 N–H and O–H groups in total. The summed E-state index contributed by atoms with van der Waals surface area (Å²) in [6.07, 6.45) is 2.65. The fraction of sp³-hybridized carbons (Fsp3) is 0.917. The van der Waals surface area contributed by atoms with Crippen molar-refractivity contribution in [2.45, 2.75) is 26.7 Å². The lowest BCUT2D eigenvalue weighted by Crippen LogP contribution is -2.31. The maximum atomic E-state index is 11.6. The van der Waals surface area contributed by atoms with E-state index in [1.54, 1.807) is 0 Å². The summed E-state index contributed by atoms with van der Waals surface area (Å²) in [6.45, 7) is 5.30. The number of carbonyl (C=O) groups excluding carboxylic acids is 1. The van der Waals surface area contributed by atoms with Gasteiger partial charge < -0.3 is 4.74 Å². The highest BCUT2D eigenvalue weighted by Crippen LogP contribution is 2.59. The Morgan fingerprint density at radius 3 is 2.79 bits per heavy atom. The number of esters is 1. The second-order valence-electron chi connectivity index (χ2n) is 5.62. The molecule has 5 atom stereocenters. The molecule has 14 heavy (non-hydrogen) atoms. The van der Waals surface area contributed by atoms with E-state index in [4.69, 9.17) is 4.74 Å². The van der Waals surface area contributed by atoms with Crippen LogP contribution in [0.15, 0.2) is 0 Å². The summed E-state index contributed by atoms with van der Waals surface area (Å²) >= 11 is 0. The Morgan fingerprint density at radius 1 is 1.29 bits per heavy atom. The molecule has 2 bridgehead atoms. The highest BCUT2D eigenvalue weighted by molar-refractivity contribution is 5.76. The molecule has 1 aliphatic heterocycles. The minimum atomic E-state index is 0.104. The zero-order valence-electron chi connectivity index (χ0n) is 8.90.